The molecule has 0 aliphatic rings. The molecule has 0 spiro atoms. The number of amides is 1. The summed E-state index contributed by atoms with van der Waals surface area (Å²) in [5.74, 6) is -1.80. The molecule has 7 heteroatoms. The summed E-state index contributed by atoms with van der Waals surface area (Å²) in [4.78, 5) is 26.8. The fourth-order valence-electron chi connectivity index (χ4n) is 1.45. The van der Waals surface area contributed by atoms with E-state index in [4.69, 9.17) is 28.3 Å². The summed E-state index contributed by atoms with van der Waals surface area (Å²) in [7, 11) is 0. The highest BCUT2D eigenvalue weighted by Crippen LogP contribution is 2.20. The molecular weight excluding hydrogens is 291 g/mol. The normalized spacial score (nSPS) is 13.7. The maximum atomic E-state index is 11.9. The van der Waals surface area contributed by atoms with Crippen LogP contribution in [0.15, 0.2) is 12.3 Å². The first-order valence-electron chi connectivity index (χ1n) is 5.71. The second kappa shape index (κ2) is 6.73. The van der Waals surface area contributed by atoms with E-state index >= 15 is 0 Å². The van der Waals surface area contributed by atoms with Gasteiger partial charge in [-0.25, -0.2) is 9.78 Å². The number of nitrogens with one attached hydrogen (secondary N) is 1. The lowest BCUT2D eigenvalue weighted by Crippen LogP contribution is -2.45. The number of aromatic nitrogens is 1. The Labute approximate surface area is 120 Å². The van der Waals surface area contributed by atoms with Crippen molar-refractivity contribution >= 4 is 35.1 Å². The number of hydrogen-bond donors (Lipinski definition) is 2. The van der Waals surface area contributed by atoms with E-state index < -0.39 is 17.9 Å². The van der Waals surface area contributed by atoms with E-state index in [1.165, 1.54) is 12.3 Å². The van der Waals surface area contributed by atoms with Crippen molar-refractivity contribution in [1.29, 1.82) is 0 Å². The van der Waals surface area contributed by atoms with E-state index in [1.807, 2.05) is 6.92 Å². The van der Waals surface area contributed by atoms with Crippen LogP contribution in [0.5, 0.6) is 0 Å². The fraction of sp³-hybridized carbons (Fsp3) is 0.417. The van der Waals surface area contributed by atoms with Crippen LogP contribution < -0.4 is 5.32 Å². The van der Waals surface area contributed by atoms with E-state index in [1.54, 1.807) is 6.92 Å². The standard InChI is InChI=1S/C12H14Cl2N2O3/c1-3-6(2)9(12(18)19)16-11(17)7-4-8(13)10(14)15-5-7/h4-6,9H,3H2,1-2H3,(H,16,17)(H,18,19)/t6-,9-/m0/s1. The van der Waals surface area contributed by atoms with Crippen molar-refractivity contribution in [3.8, 4) is 0 Å². The van der Waals surface area contributed by atoms with Crippen LogP contribution in [0, 0.1) is 5.92 Å². The molecule has 19 heavy (non-hydrogen) atoms. The minimum Gasteiger partial charge on any atom is -0.480 e. The first-order chi connectivity index (χ1) is 8.86. The van der Waals surface area contributed by atoms with Crippen molar-refractivity contribution in [3.05, 3.63) is 28.0 Å². The van der Waals surface area contributed by atoms with E-state index in [0.717, 1.165) is 0 Å². The number of carbonyl (C=O) groups is 2. The van der Waals surface area contributed by atoms with E-state index in [2.05, 4.69) is 10.3 Å². The smallest absolute Gasteiger partial charge is 0.326 e. The summed E-state index contributed by atoms with van der Waals surface area (Å²) in [6.07, 6.45) is 1.88. The van der Waals surface area contributed by atoms with Gasteiger partial charge in [-0.1, -0.05) is 43.5 Å². The molecule has 1 aromatic rings. The third-order valence-electron chi connectivity index (χ3n) is 2.82. The minimum atomic E-state index is -1.07. The summed E-state index contributed by atoms with van der Waals surface area (Å²) in [5.41, 5.74) is 0.170. The van der Waals surface area contributed by atoms with Gasteiger partial charge in [0, 0.05) is 6.20 Å². The molecule has 1 rings (SSSR count). The van der Waals surface area contributed by atoms with Gasteiger partial charge in [0.15, 0.2) is 0 Å². The zero-order valence-corrected chi connectivity index (χ0v) is 12.0. The number of pyridine rings is 1. The number of rotatable bonds is 5. The molecule has 0 unspecified atom stereocenters. The SMILES string of the molecule is CC[C@H](C)[C@H](NC(=O)c1cnc(Cl)c(Cl)c1)C(=O)O. The monoisotopic (exact) mass is 304 g/mol. The Bertz CT molecular complexity index is 494. The lowest BCUT2D eigenvalue weighted by Gasteiger charge is -2.20. The zero-order chi connectivity index (χ0) is 14.6. The van der Waals surface area contributed by atoms with Crippen molar-refractivity contribution in [1.82, 2.24) is 10.3 Å². The lowest BCUT2D eigenvalue weighted by molar-refractivity contribution is -0.140. The largest absolute Gasteiger partial charge is 0.480 e. The lowest BCUT2D eigenvalue weighted by atomic mass is 9.99. The Hall–Kier alpha value is -1.33. The molecule has 0 aromatic carbocycles. The quantitative estimate of drug-likeness (QED) is 0.820. The molecule has 2 atom stereocenters. The Morgan fingerprint density at radius 2 is 2.11 bits per heavy atom. The van der Waals surface area contributed by atoms with Crippen molar-refractivity contribution < 1.29 is 14.7 Å². The average Bonchev–Trinajstić information content (AvgIpc) is 2.37. The zero-order valence-electron chi connectivity index (χ0n) is 10.5. The Morgan fingerprint density at radius 3 is 2.58 bits per heavy atom. The van der Waals surface area contributed by atoms with Crippen LogP contribution in [0.2, 0.25) is 10.2 Å². The van der Waals surface area contributed by atoms with Crippen LogP contribution >= 0.6 is 23.2 Å². The van der Waals surface area contributed by atoms with Crippen LogP contribution in [-0.2, 0) is 4.79 Å². The van der Waals surface area contributed by atoms with Gasteiger partial charge in [0.05, 0.1) is 10.6 Å². The van der Waals surface area contributed by atoms with Crippen LogP contribution in [0.1, 0.15) is 30.6 Å². The highest BCUT2D eigenvalue weighted by Gasteiger charge is 2.26. The highest BCUT2D eigenvalue weighted by molar-refractivity contribution is 6.41. The molecule has 0 saturated heterocycles. The predicted molar refractivity (Wildman–Crippen MR) is 72.6 cm³/mol. The number of carboxylic acid groups (broad SMARTS) is 1. The van der Waals surface area contributed by atoms with Gasteiger partial charge >= 0.3 is 5.97 Å². The molecule has 2 N–H and O–H groups in total. The number of carbonyl (C=O) groups excluding carboxylic acids is 1. The van der Waals surface area contributed by atoms with Crippen molar-refractivity contribution in [2.75, 3.05) is 0 Å². The fourth-order valence-corrected chi connectivity index (χ4v) is 1.72. The highest BCUT2D eigenvalue weighted by atomic mass is 35.5. The Morgan fingerprint density at radius 1 is 1.47 bits per heavy atom. The van der Waals surface area contributed by atoms with Gasteiger partial charge in [-0.3, -0.25) is 4.79 Å². The molecule has 1 amide bonds. The molecule has 0 bridgehead atoms. The number of halogens is 2. The molecule has 104 valence electrons. The summed E-state index contributed by atoms with van der Waals surface area (Å²) >= 11 is 11.4. The van der Waals surface area contributed by atoms with E-state index in [-0.39, 0.29) is 21.7 Å². The molecule has 0 saturated carbocycles. The van der Waals surface area contributed by atoms with Gasteiger partial charge in [-0.2, -0.15) is 0 Å². The number of hydrogen-bond acceptors (Lipinski definition) is 3. The molecule has 0 radical (unpaired) electrons. The van der Waals surface area contributed by atoms with Gasteiger partial charge in [0.25, 0.3) is 5.91 Å². The number of aliphatic carboxylic acids is 1. The first kappa shape index (κ1) is 15.7. The molecule has 0 aliphatic carbocycles. The second-order valence-corrected chi connectivity index (χ2v) is 4.94. The average molecular weight is 305 g/mol. The van der Waals surface area contributed by atoms with E-state index in [0.29, 0.717) is 6.42 Å². The van der Waals surface area contributed by atoms with Crippen LogP contribution in [-0.4, -0.2) is 28.0 Å². The van der Waals surface area contributed by atoms with Crippen molar-refractivity contribution in [2.24, 2.45) is 5.92 Å². The third kappa shape index (κ3) is 4.08. The predicted octanol–water partition coefficient (Wildman–Crippen LogP) is 2.62. The van der Waals surface area contributed by atoms with Gasteiger partial charge in [-0.15, -0.1) is 0 Å². The summed E-state index contributed by atoms with van der Waals surface area (Å²) in [6.45, 7) is 3.61. The Kier molecular flexibility index (Phi) is 5.57. The molecular formula is C12H14Cl2N2O3. The molecule has 1 heterocycles. The third-order valence-corrected chi connectivity index (χ3v) is 3.51. The molecule has 1 aromatic heterocycles. The van der Waals surface area contributed by atoms with Gasteiger partial charge < -0.3 is 10.4 Å². The summed E-state index contributed by atoms with van der Waals surface area (Å²) < 4.78 is 0. The molecule has 0 fully saturated rings. The van der Waals surface area contributed by atoms with Crippen molar-refractivity contribution in [2.45, 2.75) is 26.3 Å². The van der Waals surface area contributed by atoms with Gasteiger partial charge in [-0.05, 0) is 12.0 Å². The minimum absolute atomic E-state index is 0.0925. The maximum absolute atomic E-state index is 11.9. The first-order valence-corrected chi connectivity index (χ1v) is 6.47. The van der Waals surface area contributed by atoms with E-state index in [9.17, 15) is 9.59 Å². The van der Waals surface area contributed by atoms with Crippen LogP contribution in [0.25, 0.3) is 0 Å². The second-order valence-electron chi connectivity index (χ2n) is 4.17. The summed E-state index contributed by atoms with van der Waals surface area (Å²) in [5, 5.41) is 11.8. The molecule has 5 nitrogen and oxygen atoms in total. The van der Waals surface area contributed by atoms with Crippen molar-refractivity contribution in [3.63, 3.8) is 0 Å². The maximum Gasteiger partial charge on any atom is 0.326 e. The van der Waals surface area contributed by atoms with Crippen LogP contribution in [0.3, 0.4) is 0 Å². The van der Waals surface area contributed by atoms with Gasteiger partial charge in [0.1, 0.15) is 11.2 Å². The summed E-state index contributed by atoms with van der Waals surface area (Å²) in [6, 6.07) is 0.397. The Balaban J connectivity index is 2.87. The topological polar surface area (TPSA) is 79.3 Å². The number of nitrogens with zero attached hydrogens (tertiary/aromatic N) is 1. The number of carboxylic acids is 1. The molecule has 0 aliphatic heterocycles. The van der Waals surface area contributed by atoms with Gasteiger partial charge in [0.2, 0.25) is 0 Å². The van der Waals surface area contributed by atoms with Crippen LogP contribution in [0.4, 0.5) is 0 Å².